The van der Waals surface area contributed by atoms with Gasteiger partial charge in [-0.05, 0) is 90.3 Å². The summed E-state index contributed by atoms with van der Waals surface area (Å²) in [4.78, 5) is 39.2. The van der Waals surface area contributed by atoms with Crippen LogP contribution in [0.3, 0.4) is 0 Å². The Morgan fingerprint density at radius 3 is 1.33 bits per heavy atom. The maximum absolute atomic E-state index is 12.8. The van der Waals surface area contributed by atoms with Crippen molar-refractivity contribution < 1.29 is 33.3 Å². The van der Waals surface area contributed by atoms with Gasteiger partial charge in [-0.25, -0.2) is 9.59 Å². The average molecular weight is 825 g/mol. The SMILES string of the molecule is CCCCCCCCCOC(=O)OCCCCCCN(CCCCCCCC(=O)OC(CCCCCCCC)CCCCCCCC)CCCNC(=O)OCCCC. The first-order valence-corrected chi connectivity index (χ1v) is 25.1. The number of ether oxygens (including phenoxy) is 4. The van der Waals surface area contributed by atoms with E-state index < -0.39 is 6.16 Å². The number of alkyl carbamates (subject to hydrolysis) is 1. The summed E-state index contributed by atoms with van der Waals surface area (Å²) >= 11 is 0. The molecule has 0 unspecified atom stereocenters. The molecule has 0 spiro atoms. The molecule has 0 heterocycles. The highest BCUT2D eigenvalue weighted by atomic mass is 16.7. The van der Waals surface area contributed by atoms with Crippen LogP contribution < -0.4 is 5.32 Å². The minimum Gasteiger partial charge on any atom is -0.462 e. The highest BCUT2D eigenvalue weighted by molar-refractivity contribution is 5.69. The van der Waals surface area contributed by atoms with Crippen molar-refractivity contribution in [2.24, 2.45) is 0 Å². The lowest BCUT2D eigenvalue weighted by atomic mass is 10.0. The lowest BCUT2D eigenvalue weighted by Gasteiger charge is -2.22. The largest absolute Gasteiger partial charge is 0.508 e. The molecule has 0 rings (SSSR count). The van der Waals surface area contributed by atoms with Crippen molar-refractivity contribution in [2.45, 2.75) is 252 Å². The van der Waals surface area contributed by atoms with Crippen LogP contribution in [0.25, 0.3) is 0 Å². The van der Waals surface area contributed by atoms with Gasteiger partial charge in [0.05, 0.1) is 19.8 Å². The molecule has 0 radical (unpaired) electrons. The van der Waals surface area contributed by atoms with Crippen molar-refractivity contribution in [2.75, 3.05) is 46.0 Å². The van der Waals surface area contributed by atoms with Crippen molar-refractivity contribution in [1.29, 1.82) is 0 Å². The van der Waals surface area contributed by atoms with Crippen LogP contribution in [0.2, 0.25) is 0 Å². The molecule has 0 atom stereocenters. The van der Waals surface area contributed by atoms with E-state index in [0.717, 1.165) is 122 Å². The van der Waals surface area contributed by atoms with Crippen molar-refractivity contribution in [3.05, 3.63) is 0 Å². The maximum Gasteiger partial charge on any atom is 0.508 e. The summed E-state index contributed by atoms with van der Waals surface area (Å²) in [5.74, 6) is 0.00120. The smallest absolute Gasteiger partial charge is 0.462 e. The number of unbranched alkanes of at least 4 members (excludes halogenated alkanes) is 24. The third-order valence-electron chi connectivity index (χ3n) is 11.1. The van der Waals surface area contributed by atoms with Crippen LogP contribution >= 0.6 is 0 Å². The zero-order valence-electron chi connectivity index (χ0n) is 38.9. The molecule has 0 bridgehead atoms. The number of hydrogen-bond donors (Lipinski definition) is 1. The summed E-state index contributed by atoms with van der Waals surface area (Å²) in [6.07, 6.45) is 37.7. The normalized spacial score (nSPS) is 11.3. The number of hydrogen-bond acceptors (Lipinski definition) is 8. The summed E-state index contributed by atoms with van der Waals surface area (Å²) in [6.45, 7) is 13.8. The molecule has 9 nitrogen and oxygen atoms in total. The Labute approximate surface area is 359 Å². The fourth-order valence-corrected chi connectivity index (χ4v) is 7.34. The number of rotatable bonds is 45. The van der Waals surface area contributed by atoms with Crippen LogP contribution in [0, 0.1) is 0 Å². The number of esters is 1. The van der Waals surface area contributed by atoms with Gasteiger partial charge < -0.3 is 29.2 Å². The maximum atomic E-state index is 12.8. The molecule has 58 heavy (non-hydrogen) atoms. The van der Waals surface area contributed by atoms with Crippen LogP contribution in [0.4, 0.5) is 9.59 Å². The van der Waals surface area contributed by atoms with Crippen LogP contribution in [0.5, 0.6) is 0 Å². The van der Waals surface area contributed by atoms with E-state index in [-0.39, 0.29) is 18.2 Å². The molecule has 0 saturated carbocycles. The molecular formula is C49H96N2O7. The molecule has 1 N–H and O–H groups in total. The molecule has 344 valence electrons. The van der Waals surface area contributed by atoms with E-state index in [1.165, 1.54) is 109 Å². The number of carbonyl (C=O) groups excluding carboxylic acids is 3. The third kappa shape index (κ3) is 42.1. The van der Waals surface area contributed by atoms with Gasteiger partial charge in [-0.1, -0.05) is 169 Å². The van der Waals surface area contributed by atoms with E-state index in [4.69, 9.17) is 18.9 Å². The summed E-state index contributed by atoms with van der Waals surface area (Å²) in [5, 5.41) is 2.90. The van der Waals surface area contributed by atoms with Crippen LogP contribution in [-0.2, 0) is 23.7 Å². The van der Waals surface area contributed by atoms with E-state index in [9.17, 15) is 14.4 Å². The lowest BCUT2D eigenvalue weighted by molar-refractivity contribution is -0.150. The van der Waals surface area contributed by atoms with Crippen molar-refractivity contribution in [3.63, 3.8) is 0 Å². The first-order valence-electron chi connectivity index (χ1n) is 25.1. The zero-order valence-corrected chi connectivity index (χ0v) is 38.9. The minimum absolute atomic E-state index is 0.00120. The Balaban J connectivity index is 4.42. The van der Waals surface area contributed by atoms with Crippen LogP contribution in [0.1, 0.15) is 246 Å². The standard InChI is InChI=1S/C49H96N2O7/c1-5-9-13-16-19-26-33-44-56-49(54)57-45-34-27-25-32-41-51(42-35-39-50-48(53)55-43-12-8-4)40-31-24-20-23-30-38-47(52)58-46(36-28-21-17-14-10-6-2)37-29-22-18-15-11-7-3/h46H,5-45H2,1-4H3,(H,50,53). The van der Waals surface area contributed by atoms with Gasteiger partial charge in [0.25, 0.3) is 0 Å². The number of nitrogens with zero attached hydrogens (tertiary/aromatic N) is 1. The molecular weight excluding hydrogens is 729 g/mol. The second kappa shape index (κ2) is 46.0. The molecule has 0 aromatic rings. The van der Waals surface area contributed by atoms with Gasteiger partial charge in [-0.2, -0.15) is 0 Å². The average Bonchev–Trinajstić information content (AvgIpc) is 3.21. The highest BCUT2D eigenvalue weighted by Crippen LogP contribution is 2.18. The Morgan fingerprint density at radius 2 is 0.828 bits per heavy atom. The minimum atomic E-state index is -0.536. The predicted molar refractivity (Wildman–Crippen MR) is 243 cm³/mol. The first-order chi connectivity index (χ1) is 28.5. The van der Waals surface area contributed by atoms with Gasteiger partial charge in [0.1, 0.15) is 6.10 Å². The molecule has 0 aliphatic rings. The molecule has 0 saturated heterocycles. The van der Waals surface area contributed by atoms with Crippen molar-refractivity contribution >= 4 is 18.2 Å². The molecule has 0 fully saturated rings. The Hall–Kier alpha value is -2.03. The quantitative estimate of drug-likeness (QED) is 0.0368. The van der Waals surface area contributed by atoms with Crippen LogP contribution in [-0.4, -0.2) is 75.2 Å². The Bertz CT molecular complexity index is 873. The molecule has 1 amide bonds. The second-order valence-electron chi connectivity index (χ2n) is 16.8. The van der Waals surface area contributed by atoms with E-state index in [0.29, 0.717) is 32.8 Å². The topological polar surface area (TPSA) is 103 Å². The molecule has 9 heteroatoms. The predicted octanol–water partition coefficient (Wildman–Crippen LogP) is 14.4. The van der Waals surface area contributed by atoms with Gasteiger partial charge in [0, 0.05) is 13.0 Å². The zero-order chi connectivity index (χ0) is 42.4. The van der Waals surface area contributed by atoms with E-state index in [1.54, 1.807) is 0 Å². The fourth-order valence-electron chi connectivity index (χ4n) is 7.34. The van der Waals surface area contributed by atoms with Gasteiger partial charge in [0.2, 0.25) is 0 Å². The van der Waals surface area contributed by atoms with E-state index in [2.05, 4.69) is 37.9 Å². The van der Waals surface area contributed by atoms with E-state index in [1.807, 2.05) is 0 Å². The number of carbonyl (C=O) groups is 3. The molecule has 0 aliphatic heterocycles. The Kier molecular flexibility index (Phi) is 44.4. The third-order valence-corrected chi connectivity index (χ3v) is 11.1. The number of nitrogens with one attached hydrogen (secondary N) is 1. The molecule has 0 aromatic carbocycles. The fraction of sp³-hybridized carbons (Fsp3) is 0.939. The number of amides is 1. The van der Waals surface area contributed by atoms with Gasteiger partial charge in [-0.15, -0.1) is 0 Å². The summed E-state index contributed by atoms with van der Waals surface area (Å²) in [5.41, 5.74) is 0. The summed E-state index contributed by atoms with van der Waals surface area (Å²) < 4.78 is 21.8. The van der Waals surface area contributed by atoms with Crippen molar-refractivity contribution in [3.8, 4) is 0 Å². The highest BCUT2D eigenvalue weighted by Gasteiger charge is 2.14. The summed E-state index contributed by atoms with van der Waals surface area (Å²) in [6, 6.07) is 0. The first kappa shape index (κ1) is 56.0. The molecule has 0 aliphatic carbocycles. The Morgan fingerprint density at radius 1 is 0.431 bits per heavy atom. The van der Waals surface area contributed by atoms with Gasteiger partial charge >= 0.3 is 18.2 Å². The summed E-state index contributed by atoms with van der Waals surface area (Å²) in [7, 11) is 0. The van der Waals surface area contributed by atoms with E-state index >= 15 is 0 Å². The van der Waals surface area contributed by atoms with Crippen molar-refractivity contribution in [1.82, 2.24) is 10.2 Å². The molecule has 0 aromatic heterocycles. The second-order valence-corrected chi connectivity index (χ2v) is 16.8. The lowest BCUT2D eigenvalue weighted by Crippen LogP contribution is -2.31. The monoisotopic (exact) mass is 825 g/mol. The van der Waals surface area contributed by atoms with Gasteiger partial charge in [-0.3, -0.25) is 4.79 Å². The van der Waals surface area contributed by atoms with Crippen LogP contribution in [0.15, 0.2) is 0 Å². The van der Waals surface area contributed by atoms with Gasteiger partial charge in [0.15, 0.2) is 0 Å².